The second-order valence-electron chi connectivity index (χ2n) is 6.12. The first kappa shape index (κ1) is 23.6. The van der Waals surface area contributed by atoms with Crippen molar-refractivity contribution in [3.63, 3.8) is 0 Å². The minimum Gasteiger partial charge on any atom is -0.374 e. The average Bonchev–Trinajstić information content (AvgIpc) is 2.93. The predicted molar refractivity (Wildman–Crippen MR) is 124 cm³/mol. The maximum atomic E-state index is 13.3. The third-order valence-electron chi connectivity index (χ3n) is 3.94. The number of halogens is 2. The summed E-state index contributed by atoms with van der Waals surface area (Å²) in [6, 6.07) is 6.67. The maximum Gasteiger partial charge on any atom is 0.191 e. The number of benzene rings is 1. The fraction of sp³-hybridized carbons (Fsp3) is 0.474. The Morgan fingerprint density at radius 1 is 1.30 bits per heavy atom. The van der Waals surface area contributed by atoms with Crippen molar-refractivity contribution >= 4 is 47.0 Å². The van der Waals surface area contributed by atoms with Crippen LogP contribution in [0.15, 0.2) is 29.3 Å². The third-order valence-corrected chi connectivity index (χ3v) is 4.99. The average molecular weight is 505 g/mol. The Balaban J connectivity index is 0.00000364. The molecule has 0 aliphatic rings. The molecule has 0 aliphatic carbocycles. The molecule has 1 heterocycles. The van der Waals surface area contributed by atoms with E-state index in [1.807, 2.05) is 27.0 Å². The van der Waals surface area contributed by atoms with Gasteiger partial charge in [-0.25, -0.2) is 14.4 Å². The Bertz CT molecular complexity index is 735. The van der Waals surface area contributed by atoms with Gasteiger partial charge in [-0.05, 0) is 45.4 Å². The summed E-state index contributed by atoms with van der Waals surface area (Å²) in [4.78, 5) is 12.3. The van der Waals surface area contributed by atoms with Crippen LogP contribution in [-0.2, 0) is 6.54 Å². The van der Waals surface area contributed by atoms with Crippen LogP contribution in [0, 0.1) is 19.7 Å². The van der Waals surface area contributed by atoms with Gasteiger partial charge in [-0.15, -0.1) is 35.3 Å². The van der Waals surface area contributed by atoms with Crippen LogP contribution in [0.2, 0.25) is 0 Å². The van der Waals surface area contributed by atoms with E-state index in [0.29, 0.717) is 6.54 Å². The smallest absolute Gasteiger partial charge is 0.191 e. The molecule has 27 heavy (non-hydrogen) atoms. The Morgan fingerprint density at radius 2 is 2.07 bits per heavy atom. The van der Waals surface area contributed by atoms with E-state index in [1.54, 1.807) is 23.5 Å². The highest BCUT2D eigenvalue weighted by Gasteiger charge is 2.05. The molecule has 2 rings (SSSR count). The lowest BCUT2D eigenvalue weighted by Gasteiger charge is -2.19. The number of nitrogens with one attached hydrogen (secondary N) is 2. The zero-order chi connectivity index (χ0) is 18.9. The molecule has 2 aromatic rings. The first-order chi connectivity index (χ1) is 12.5. The van der Waals surface area contributed by atoms with Crippen molar-refractivity contribution in [2.45, 2.75) is 33.7 Å². The van der Waals surface area contributed by atoms with Gasteiger partial charge >= 0.3 is 0 Å². The standard InChI is InChI=1S/C19H28FN5S.HI/c1-5-21-19(23-13-18-14(2)24-15(3)26-18)22-10-7-11-25(4)17-9-6-8-16(20)12-17;/h6,8-9,12H,5,7,10-11,13H2,1-4H3,(H2,21,22,23);1H. The Kier molecular flexibility index (Phi) is 10.6. The number of thiazole rings is 1. The van der Waals surface area contributed by atoms with Crippen molar-refractivity contribution in [3.8, 4) is 0 Å². The number of anilines is 1. The van der Waals surface area contributed by atoms with Crippen LogP contribution in [0.1, 0.15) is 28.9 Å². The van der Waals surface area contributed by atoms with E-state index in [1.165, 1.54) is 10.9 Å². The molecular formula is C19H29FIN5S. The number of aliphatic imine (C=N–C) groups is 1. The lowest BCUT2D eigenvalue weighted by atomic mass is 10.2. The second-order valence-corrected chi connectivity index (χ2v) is 7.41. The molecule has 150 valence electrons. The summed E-state index contributed by atoms with van der Waals surface area (Å²) in [5.41, 5.74) is 1.95. The first-order valence-electron chi connectivity index (χ1n) is 8.91. The molecule has 1 aromatic carbocycles. The molecule has 0 spiro atoms. The van der Waals surface area contributed by atoms with Gasteiger partial charge < -0.3 is 15.5 Å². The molecule has 1 aromatic heterocycles. The van der Waals surface area contributed by atoms with E-state index in [9.17, 15) is 4.39 Å². The maximum absolute atomic E-state index is 13.3. The summed E-state index contributed by atoms with van der Waals surface area (Å²) in [6.07, 6.45) is 0.927. The summed E-state index contributed by atoms with van der Waals surface area (Å²) >= 11 is 1.69. The van der Waals surface area contributed by atoms with E-state index in [2.05, 4.69) is 32.4 Å². The van der Waals surface area contributed by atoms with Crippen LogP contribution >= 0.6 is 35.3 Å². The van der Waals surface area contributed by atoms with Gasteiger partial charge in [0.05, 0.1) is 17.2 Å². The van der Waals surface area contributed by atoms with E-state index >= 15 is 0 Å². The van der Waals surface area contributed by atoms with Crippen LogP contribution in [0.3, 0.4) is 0 Å². The molecule has 8 heteroatoms. The molecule has 0 saturated heterocycles. The lowest BCUT2D eigenvalue weighted by Crippen LogP contribution is -2.38. The molecule has 5 nitrogen and oxygen atoms in total. The highest BCUT2D eigenvalue weighted by molar-refractivity contribution is 14.0. The van der Waals surface area contributed by atoms with Gasteiger partial charge in [0, 0.05) is 37.2 Å². The Morgan fingerprint density at radius 3 is 2.70 bits per heavy atom. The summed E-state index contributed by atoms with van der Waals surface area (Å²) in [7, 11) is 1.98. The molecule has 0 atom stereocenters. The number of guanidine groups is 1. The van der Waals surface area contributed by atoms with Gasteiger partial charge in [-0.2, -0.15) is 0 Å². The number of aryl methyl sites for hydroxylation is 2. The van der Waals surface area contributed by atoms with Gasteiger partial charge in [-0.1, -0.05) is 6.07 Å². The minimum absolute atomic E-state index is 0. The van der Waals surface area contributed by atoms with E-state index in [0.717, 1.165) is 48.4 Å². The summed E-state index contributed by atoms with van der Waals surface area (Å²) in [5.74, 6) is 0.606. The predicted octanol–water partition coefficient (Wildman–Crippen LogP) is 4.10. The van der Waals surface area contributed by atoms with Gasteiger partial charge in [-0.3, -0.25) is 0 Å². The molecule has 0 amide bonds. The molecule has 0 radical (unpaired) electrons. The monoisotopic (exact) mass is 505 g/mol. The van der Waals surface area contributed by atoms with Crippen LogP contribution < -0.4 is 15.5 Å². The molecular weight excluding hydrogens is 476 g/mol. The van der Waals surface area contributed by atoms with Crippen molar-refractivity contribution in [3.05, 3.63) is 45.7 Å². The number of aromatic nitrogens is 1. The lowest BCUT2D eigenvalue weighted by molar-refractivity contribution is 0.626. The number of rotatable bonds is 8. The van der Waals surface area contributed by atoms with Crippen molar-refractivity contribution < 1.29 is 4.39 Å². The summed E-state index contributed by atoms with van der Waals surface area (Å²) < 4.78 is 13.3. The van der Waals surface area contributed by atoms with E-state index in [4.69, 9.17) is 0 Å². The zero-order valence-electron chi connectivity index (χ0n) is 16.4. The Hall–Kier alpha value is -1.42. The molecule has 0 saturated carbocycles. The largest absolute Gasteiger partial charge is 0.374 e. The van der Waals surface area contributed by atoms with Gasteiger partial charge in [0.15, 0.2) is 5.96 Å². The van der Waals surface area contributed by atoms with Gasteiger partial charge in [0.2, 0.25) is 0 Å². The first-order valence-corrected chi connectivity index (χ1v) is 9.73. The van der Waals surface area contributed by atoms with Crippen LogP contribution in [0.5, 0.6) is 0 Å². The van der Waals surface area contributed by atoms with Crippen molar-refractivity contribution in [2.75, 3.05) is 31.6 Å². The quantitative estimate of drug-likeness (QED) is 0.246. The SMILES string of the molecule is CCNC(=NCc1sc(C)nc1C)NCCCN(C)c1cccc(F)c1.I. The van der Waals surface area contributed by atoms with Crippen molar-refractivity contribution in [1.29, 1.82) is 0 Å². The van der Waals surface area contributed by atoms with Crippen molar-refractivity contribution in [1.82, 2.24) is 15.6 Å². The molecule has 0 bridgehead atoms. The van der Waals surface area contributed by atoms with E-state index < -0.39 is 0 Å². The van der Waals surface area contributed by atoms with E-state index in [-0.39, 0.29) is 29.8 Å². The Labute approximate surface area is 182 Å². The molecule has 0 unspecified atom stereocenters. The highest BCUT2D eigenvalue weighted by Crippen LogP contribution is 2.17. The highest BCUT2D eigenvalue weighted by atomic mass is 127. The van der Waals surface area contributed by atoms with Crippen LogP contribution in [0.4, 0.5) is 10.1 Å². The van der Waals surface area contributed by atoms with Crippen LogP contribution in [0.25, 0.3) is 0 Å². The van der Waals surface area contributed by atoms with Crippen LogP contribution in [-0.4, -0.2) is 37.6 Å². The molecule has 2 N–H and O–H groups in total. The molecule has 0 fully saturated rings. The third kappa shape index (κ3) is 8.00. The fourth-order valence-corrected chi connectivity index (χ4v) is 3.44. The van der Waals surface area contributed by atoms with Crippen molar-refractivity contribution in [2.24, 2.45) is 4.99 Å². The molecule has 0 aliphatic heterocycles. The van der Waals surface area contributed by atoms with Gasteiger partial charge in [0.25, 0.3) is 0 Å². The fourth-order valence-electron chi connectivity index (χ4n) is 2.58. The normalized spacial score (nSPS) is 11.1. The number of nitrogens with zero attached hydrogens (tertiary/aromatic N) is 3. The number of hydrogen-bond donors (Lipinski definition) is 2. The minimum atomic E-state index is -0.206. The second kappa shape index (κ2) is 12.1. The summed E-state index contributed by atoms with van der Waals surface area (Å²) in [5, 5.41) is 7.70. The number of hydrogen-bond acceptors (Lipinski definition) is 4. The topological polar surface area (TPSA) is 52.6 Å². The zero-order valence-corrected chi connectivity index (χ0v) is 19.5. The summed E-state index contributed by atoms with van der Waals surface area (Å²) in [6.45, 7) is 9.18. The van der Waals surface area contributed by atoms with Gasteiger partial charge in [0.1, 0.15) is 5.82 Å².